The summed E-state index contributed by atoms with van der Waals surface area (Å²) in [7, 11) is 0. The molecule has 0 heterocycles. The van der Waals surface area contributed by atoms with Crippen molar-refractivity contribution < 1.29 is 19.1 Å². The van der Waals surface area contributed by atoms with Gasteiger partial charge in [0.05, 0.1) is 13.2 Å². The Kier molecular flexibility index (Phi) is 9.81. The Bertz CT molecular complexity index is 510. The third kappa shape index (κ3) is 7.62. The van der Waals surface area contributed by atoms with Crippen molar-refractivity contribution in [3.05, 3.63) is 29.8 Å². The Balaban J connectivity index is 2.54. The van der Waals surface area contributed by atoms with Crippen molar-refractivity contribution in [1.29, 1.82) is 0 Å². The minimum atomic E-state index is -0.741. The molecule has 0 bridgehead atoms. The standard InChI is InChI=1S/C20H30O4/c1-4-6-7-8-9-13-24-18-12-10-11-17(14-18)15-19(16(3)21)20(22)23-5-2/h10-12,14,19H,4-9,13,15H2,1-3H3/t19-/m1/s1. The van der Waals surface area contributed by atoms with Gasteiger partial charge < -0.3 is 9.47 Å². The van der Waals surface area contributed by atoms with Crippen molar-refractivity contribution in [1.82, 2.24) is 0 Å². The quantitative estimate of drug-likeness (QED) is 0.324. The molecule has 1 aromatic rings. The molecule has 0 spiro atoms. The molecule has 1 atom stereocenters. The van der Waals surface area contributed by atoms with Gasteiger partial charge in [0.15, 0.2) is 0 Å². The summed E-state index contributed by atoms with van der Waals surface area (Å²) >= 11 is 0. The molecule has 24 heavy (non-hydrogen) atoms. The SMILES string of the molecule is CCCCCCCOc1cccc(C[C@H](C(C)=O)C(=O)OCC)c1. The Labute approximate surface area is 145 Å². The molecular formula is C20H30O4. The lowest BCUT2D eigenvalue weighted by atomic mass is 9.96. The van der Waals surface area contributed by atoms with Crippen LogP contribution < -0.4 is 4.74 Å². The van der Waals surface area contributed by atoms with E-state index in [2.05, 4.69) is 6.92 Å². The fourth-order valence-corrected chi connectivity index (χ4v) is 2.53. The van der Waals surface area contributed by atoms with E-state index in [0.29, 0.717) is 13.0 Å². The second kappa shape index (κ2) is 11.7. The molecule has 0 aliphatic heterocycles. The first-order valence-electron chi connectivity index (χ1n) is 8.97. The highest BCUT2D eigenvalue weighted by Gasteiger charge is 2.25. The summed E-state index contributed by atoms with van der Waals surface area (Å²) in [6, 6.07) is 7.61. The van der Waals surface area contributed by atoms with Crippen LogP contribution in [0.3, 0.4) is 0 Å². The van der Waals surface area contributed by atoms with Crippen LogP contribution >= 0.6 is 0 Å². The predicted octanol–water partition coefficient (Wildman–Crippen LogP) is 4.35. The molecule has 0 radical (unpaired) electrons. The first kappa shape index (κ1) is 20.2. The Morgan fingerprint density at radius 1 is 1.08 bits per heavy atom. The van der Waals surface area contributed by atoms with E-state index in [0.717, 1.165) is 17.7 Å². The normalized spacial score (nSPS) is 11.8. The maximum Gasteiger partial charge on any atom is 0.316 e. The van der Waals surface area contributed by atoms with Crippen molar-refractivity contribution in [2.24, 2.45) is 5.92 Å². The fraction of sp³-hybridized carbons (Fsp3) is 0.600. The van der Waals surface area contributed by atoms with Crippen LogP contribution in [0.5, 0.6) is 5.75 Å². The number of hydrogen-bond donors (Lipinski definition) is 0. The molecule has 1 aromatic carbocycles. The van der Waals surface area contributed by atoms with Crippen LogP contribution in [0, 0.1) is 5.92 Å². The summed E-state index contributed by atoms with van der Waals surface area (Å²) in [5, 5.41) is 0. The Morgan fingerprint density at radius 2 is 1.83 bits per heavy atom. The molecule has 0 N–H and O–H groups in total. The molecule has 0 aromatic heterocycles. The first-order chi connectivity index (χ1) is 11.6. The smallest absolute Gasteiger partial charge is 0.316 e. The van der Waals surface area contributed by atoms with Gasteiger partial charge in [0.2, 0.25) is 0 Å². The molecule has 4 nitrogen and oxygen atoms in total. The molecule has 0 aliphatic rings. The molecule has 0 aliphatic carbocycles. The van der Waals surface area contributed by atoms with E-state index in [1.54, 1.807) is 6.92 Å². The number of unbranched alkanes of at least 4 members (excludes halogenated alkanes) is 4. The van der Waals surface area contributed by atoms with E-state index in [-0.39, 0.29) is 12.4 Å². The highest BCUT2D eigenvalue weighted by molar-refractivity contribution is 5.98. The molecule has 0 unspecified atom stereocenters. The van der Waals surface area contributed by atoms with E-state index in [9.17, 15) is 9.59 Å². The van der Waals surface area contributed by atoms with Gasteiger partial charge in [-0.1, -0.05) is 44.7 Å². The van der Waals surface area contributed by atoms with Crippen LogP contribution in [0.1, 0.15) is 58.4 Å². The zero-order valence-corrected chi connectivity index (χ0v) is 15.2. The Hall–Kier alpha value is -1.84. The predicted molar refractivity (Wildman–Crippen MR) is 95.2 cm³/mol. The third-order valence-corrected chi connectivity index (χ3v) is 3.92. The highest BCUT2D eigenvalue weighted by atomic mass is 16.5. The number of hydrogen-bond acceptors (Lipinski definition) is 4. The Morgan fingerprint density at radius 3 is 2.50 bits per heavy atom. The molecule has 0 amide bonds. The van der Waals surface area contributed by atoms with Gasteiger partial charge in [-0.25, -0.2) is 0 Å². The summed E-state index contributed by atoms with van der Waals surface area (Å²) in [4.78, 5) is 23.6. The van der Waals surface area contributed by atoms with Gasteiger partial charge in [0.1, 0.15) is 17.5 Å². The van der Waals surface area contributed by atoms with Crippen molar-refractivity contribution in [2.45, 2.75) is 59.3 Å². The number of ether oxygens (including phenoxy) is 2. The van der Waals surface area contributed by atoms with Gasteiger partial charge in [-0.2, -0.15) is 0 Å². The largest absolute Gasteiger partial charge is 0.494 e. The van der Waals surface area contributed by atoms with Crippen molar-refractivity contribution in [3.8, 4) is 5.75 Å². The second-order valence-corrected chi connectivity index (χ2v) is 6.03. The number of esters is 1. The van der Waals surface area contributed by atoms with Gasteiger partial charge in [0, 0.05) is 0 Å². The van der Waals surface area contributed by atoms with Gasteiger partial charge in [-0.05, 0) is 44.4 Å². The number of Topliss-reactive ketones (excluding diaryl/α,β-unsaturated/α-hetero) is 1. The summed E-state index contributed by atoms with van der Waals surface area (Å²) < 4.78 is 10.8. The number of ketones is 1. The minimum Gasteiger partial charge on any atom is -0.494 e. The monoisotopic (exact) mass is 334 g/mol. The summed E-state index contributed by atoms with van der Waals surface area (Å²) in [5.74, 6) is -0.577. The summed E-state index contributed by atoms with van der Waals surface area (Å²) in [6.07, 6.45) is 6.34. The lowest BCUT2D eigenvalue weighted by Gasteiger charge is -2.13. The number of benzene rings is 1. The number of carbonyl (C=O) groups excluding carboxylic acids is 2. The van der Waals surface area contributed by atoms with Crippen LogP contribution in [-0.2, 0) is 20.7 Å². The van der Waals surface area contributed by atoms with Crippen LogP contribution in [0.2, 0.25) is 0 Å². The second-order valence-electron chi connectivity index (χ2n) is 6.03. The fourth-order valence-electron chi connectivity index (χ4n) is 2.53. The van der Waals surface area contributed by atoms with Crippen LogP contribution in [0.25, 0.3) is 0 Å². The average molecular weight is 334 g/mol. The third-order valence-electron chi connectivity index (χ3n) is 3.92. The molecule has 134 valence electrons. The maximum absolute atomic E-state index is 11.9. The van der Waals surface area contributed by atoms with Crippen LogP contribution in [0.15, 0.2) is 24.3 Å². The first-order valence-corrected chi connectivity index (χ1v) is 8.97. The molecule has 0 fully saturated rings. The lowest BCUT2D eigenvalue weighted by Crippen LogP contribution is -2.26. The average Bonchev–Trinajstić information content (AvgIpc) is 2.56. The van der Waals surface area contributed by atoms with Gasteiger partial charge in [-0.15, -0.1) is 0 Å². The van der Waals surface area contributed by atoms with Gasteiger partial charge in [-0.3, -0.25) is 9.59 Å². The zero-order chi connectivity index (χ0) is 17.8. The van der Waals surface area contributed by atoms with Crippen molar-refractivity contribution in [2.75, 3.05) is 13.2 Å². The van der Waals surface area contributed by atoms with Crippen molar-refractivity contribution in [3.63, 3.8) is 0 Å². The van der Waals surface area contributed by atoms with Crippen molar-refractivity contribution >= 4 is 11.8 Å². The molecule has 0 saturated carbocycles. The van der Waals surface area contributed by atoms with Crippen LogP contribution in [0.4, 0.5) is 0 Å². The van der Waals surface area contributed by atoms with Gasteiger partial charge >= 0.3 is 5.97 Å². The van der Waals surface area contributed by atoms with Crippen LogP contribution in [-0.4, -0.2) is 25.0 Å². The maximum atomic E-state index is 11.9. The molecule has 0 saturated heterocycles. The lowest BCUT2D eigenvalue weighted by molar-refractivity contribution is -0.151. The number of rotatable bonds is 12. The molecule has 1 rings (SSSR count). The molecule has 4 heteroatoms. The number of carbonyl (C=O) groups is 2. The highest BCUT2D eigenvalue weighted by Crippen LogP contribution is 2.18. The zero-order valence-electron chi connectivity index (χ0n) is 15.2. The van der Waals surface area contributed by atoms with Gasteiger partial charge in [0.25, 0.3) is 0 Å². The van der Waals surface area contributed by atoms with E-state index >= 15 is 0 Å². The van der Waals surface area contributed by atoms with E-state index in [4.69, 9.17) is 9.47 Å². The summed E-state index contributed by atoms with van der Waals surface area (Å²) in [5.41, 5.74) is 0.909. The topological polar surface area (TPSA) is 52.6 Å². The minimum absolute atomic E-state index is 0.171. The van der Waals surface area contributed by atoms with E-state index in [1.165, 1.54) is 32.6 Å². The van der Waals surface area contributed by atoms with E-state index < -0.39 is 11.9 Å². The van der Waals surface area contributed by atoms with E-state index in [1.807, 2.05) is 24.3 Å². The molecular weight excluding hydrogens is 304 g/mol. The summed E-state index contributed by atoms with van der Waals surface area (Å²) in [6.45, 7) is 6.35.